The number of hydrogen-bond acceptors (Lipinski definition) is 13. The van der Waals surface area contributed by atoms with Crippen molar-refractivity contribution in [3.05, 3.63) is 23.8 Å². The summed E-state index contributed by atoms with van der Waals surface area (Å²) in [6.07, 6.45) is -4.40. The van der Waals surface area contributed by atoms with Gasteiger partial charge in [0, 0.05) is 39.0 Å². The molecule has 2 aliphatic carbocycles. The third kappa shape index (κ3) is 4.63. The van der Waals surface area contributed by atoms with Crippen molar-refractivity contribution in [3.63, 3.8) is 0 Å². The zero-order chi connectivity index (χ0) is 30.9. The Morgan fingerprint density at radius 1 is 0.878 bits per heavy atom. The van der Waals surface area contributed by atoms with E-state index in [1.165, 1.54) is 45.9 Å². The largest absolute Gasteiger partial charge is 0.459 e. The lowest BCUT2D eigenvalue weighted by Gasteiger charge is -2.55. The first kappa shape index (κ1) is 30.7. The van der Waals surface area contributed by atoms with Crippen LogP contribution < -0.4 is 0 Å². The number of esters is 5. The van der Waals surface area contributed by atoms with Crippen LogP contribution in [0.4, 0.5) is 0 Å². The standard InChI is InChI=1S/C28H36O13/c1-12-11-18-28(27(8,41-28)24(34)40-18)23(39-16(5)32)21-25(6,10-9-17(26(21,7)35)36-13(2)29)22(38-15(4)31)19(33)20(12)37-14(3)30/h9-11,17-23,33,35H,1-8H3/b12-11-/t17-,18+,19-,20?,21-,22+,23?,25+,26-,27+,28+/m1/s1. The van der Waals surface area contributed by atoms with Crippen LogP contribution in [0.5, 0.6) is 0 Å². The fourth-order valence-electron chi connectivity index (χ4n) is 6.88. The molecule has 0 aromatic carbocycles. The molecule has 0 saturated carbocycles. The van der Waals surface area contributed by atoms with Gasteiger partial charge in [0.05, 0.1) is 0 Å². The van der Waals surface area contributed by atoms with E-state index >= 15 is 0 Å². The van der Waals surface area contributed by atoms with Gasteiger partial charge in [-0.2, -0.15) is 0 Å². The smallest absolute Gasteiger partial charge is 0.342 e. The topological polar surface area (TPSA) is 184 Å². The van der Waals surface area contributed by atoms with Crippen molar-refractivity contribution in [2.45, 2.75) is 109 Å². The Labute approximate surface area is 236 Å². The Morgan fingerprint density at radius 3 is 1.93 bits per heavy atom. The van der Waals surface area contributed by atoms with Crippen molar-refractivity contribution in [1.82, 2.24) is 0 Å². The summed E-state index contributed by atoms with van der Waals surface area (Å²) in [7, 11) is 0. The summed E-state index contributed by atoms with van der Waals surface area (Å²) in [5.74, 6) is -5.23. The normalized spacial score (nSPS) is 45.9. The van der Waals surface area contributed by atoms with Crippen molar-refractivity contribution in [3.8, 4) is 0 Å². The molecule has 226 valence electrons. The second-order valence-electron chi connectivity index (χ2n) is 11.7. The molecule has 0 aromatic rings. The van der Waals surface area contributed by atoms with E-state index in [1.807, 2.05) is 0 Å². The Bertz CT molecular complexity index is 1240. The Hall–Kier alpha value is -3.29. The van der Waals surface area contributed by atoms with Crippen LogP contribution in [0.1, 0.15) is 55.4 Å². The van der Waals surface area contributed by atoms with Gasteiger partial charge in [0.2, 0.25) is 0 Å². The van der Waals surface area contributed by atoms with Crippen molar-refractivity contribution >= 4 is 29.8 Å². The van der Waals surface area contributed by atoms with Gasteiger partial charge in [0.25, 0.3) is 0 Å². The van der Waals surface area contributed by atoms with Crippen LogP contribution in [0.15, 0.2) is 23.8 Å². The highest BCUT2D eigenvalue weighted by molar-refractivity contribution is 5.89. The van der Waals surface area contributed by atoms with E-state index in [-0.39, 0.29) is 5.57 Å². The minimum absolute atomic E-state index is 0.231. The highest BCUT2D eigenvalue weighted by atomic mass is 16.7. The van der Waals surface area contributed by atoms with E-state index in [0.29, 0.717) is 0 Å². The summed E-state index contributed by atoms with van der Waals surface area (Å²) in [4.78, 5) is 62.3. The molecule has 0 amide bonds. The van der Waals surface area contributed by atoms with Gasteiger partial charge in [-0.25, -0.2) is 4.79 Å². The molecule has 4 rings (SSSR count). The van der Waals surface area contributed by atoms with Crippen molar-refractivity contribution < 1.29 is 62.6 Å². The second-order valence-corrected chi connectivity index (χ2v) is 11.7. The average Bonchev–Trinajstić information content (AvgIpc) is 3.42. The quantitative estimate of drug-likeness (QED) is 0.202. The fraction of sp³-hybridized carbons (Fsp3) is 0.679. The van der Waals surface area contributed by atoms with E-state index < -0.39 is 94.6 Å². The lowest BCUT2D eigenvalue weighted by molar-refractivity contribution is -0.230. The van der Waals surface area contributed by atoms with Gasteiger partial charge in [0.1, 0.15) is 30.0 Å². The third-order valence-corrected chi connectivity index (χ3v) is 8.62. The number of carbonyl (C=O) groups excluding carboxylic acids is 5. The first-order valence-corrected chi connectivity index (χ1v) is 13.2. The van der Waals surface area contributed by atoms with Gasteiger partial charge in [-0.05, 0) is 38.5 Å². The molecule has 41 heavy (non-hydrogen) atoms. The van der Waals surface area contributed by atoms with E-state index in [9.17, 15) is 34.2 Å². The van der Waals surface area contributed by atoms with Crippen molar-refractivity contribution in [1.29, 1.82) is 0 Å². The van der Waals surface area contributed by atoms with E-state index in [1.54, 1.807) is 0 Å². The summed E-state index contributed by atoms with van der Waals surface area (Å²) in [5.41, 5.74) is -6.81. The predicted octanol–water partition coefficient (Wildman–Crippen LogP) is 0.430. The van der Waals surface area contributed by atoms with Crippen molar-refractivity contribution in [2.75, 3.05) is 0 Å². The third-order valence-electron chi connectivity index (χ3n) is 8.62. The van der Waals surface area contributed by atoms with Gasteiger partial charge < -0.3 is 38.6 Å². The Balaban J connectivity index is 2.09. The monoisotopic (exact) mass is 580 g/mol. The van der Waals surface area contributed by atoms with Gasteiger partial charge in [-0.1, -0.05) is 13.0 Å². The zero-order valence-electron chi connectivity index (χ0n) is 24.2. The number of epoxide rings is 1. The number of aliphatic hydroxyl groups excluding tert-OH is 1. The summed E-state index contributed by atoms with van der Waals surface area (Å²) in [6, 6.07) is 0. The molecule has 2 N–H and O–H groups in total. The Morgan fingerprint density at radius 2 is 1.41 bits per heavy atom. The van der Waals surface area contributed by atoms with E-state index in [4.69, 9.17) is 28.4 Å². The molecule has 2 heterocycles. The molecule has 0 aromatic heterocycles. The number of rotatable bonds is 4. The average molecular weight is 581 g/mol. The maximum Gasteiger partial charge on any atom is 0.342 e. The molecule has 0 bridgehead atoms. The van der Waals surface area contributed by atoms with Crippen LogP contribution in [0.2, 0.25) is 0 Å². The highest BCUT2D eigenvalue weighted by Crippen LogP contribution is 2.65. The highest BCUT2D eigenvalue weighted by Gasteiger charge is 2.88. The molecule has 2 unspecified atom stereocenters. The van der Waals surface area contributed by atoms with Crippen LogP contribution in [-0.2, 0) is 52.4 Å². The molecule has 11 atom stereocenters. The van der Waals surface area contributed by atoms with Gasteiger partial charge in [-0.15, -0.1) is 0 Å². The first-order valence-electron chi connectivity index (χ1n) is 13.2. The molecule has 13 nitrogen and oxygen atoms in total. The summed E-state index contributed by atoms with van der Waals surface area (Å²) in [5, 5.41) is 23.9. The van der Waals surface area contributed by atoms with Gasteiger partial charge >= 0.3 is 29.8 Å². The maximum absolute atomic E-state index is 13.1. The fourth-order valence-corrected chi connectivity index (χ4v) is 6.88. The SMILES string of the molecule is CC(=O)OC1/C(C)=C\[C@@H]2OC(=O)[C@]3(C)O[C@]23C(OC(C)=O)[C@H]2[C@](C)(O)[C@H](OC(C)=O)C=C[C@]2(C)[C@@H](OC(C)=O)[C@@H]1O. The van der Waals surface area contributed by atoms with Crippen LogP contribution >= 0.6 is 0 Å². The molecular weight excluding hydrogens is 544 g/mol. The Kier molecular flexibility index (Phi) is 7.42. The van der Waals surface area contributed by atoms with Crippen LogP contribution in [0.3, 0.4) is 0 Å². The van der Waals surface area contributed by atoms with E-state index in [2.05, 4.69) is 0 Å². The molecule has 13 heteroatoms. The van der Waals surface area contributed by atoms with Crippen LogP contribution in [-0.4, -0.2) is 93.5 Å². The molecule has 0 radical (unpaired) electrons. The zero-order valence-corrected chi connectivity index (χ0v) is 24.2. The second kappa shape index (κ2) is 9.92. The van der Waals surface area contributed by atoms with Gasteiger partial charge in [0.15, 0.2) is 23.4 Å². The predicted molar refractivity (Wildman–Crippen MR) is 135 cm³/mol. The minimum atomic E-state index is -2.08. The minimum Gasteiger partial charge on any atom is -0.459 e. The summed E-state index contributed by atoms with van der Waals surface area (Å²) in [6.45, 7) is 10.4. The molecule has 4 aliphatic rings. The number of aliphatic hydroxyl groups is 2. The summed E-state index contributed by atoms with van der Waals surface area (Å²) < 4.78 is 34.2. The molecule has 2 fully saturated rings. The van der Waals surface area contributed by atoms with Crippen LogP contribution in [0.25, 0.3) is 0 Å². The lowest BCUT2D eigenvalue weighted by Crippen LogP contribution is -2.69. The number of hydrogen-bond donors (Lipinski definition) is 2. The van der Waals surface area contributed by atoms with Crippen molar-refractivity contribution in [2.24, 2.45) is 11.3 Å². The molecule has 2 aliphatic heterocycles. The molecule has 2 saturated heterocycles. The maximum atomic E-state index is 13.1. The van der Waals surface area contributed by atoms with Crippen LogP contribution in [0, 0.1) is 11.3 Å². The molecular formula is C28H36O13. The van der Waals surface area contributed by atoms with E-state index in [0.717, 1.165) is 27.7 Å². The lowest BCUT2D eigenvalue weighted by atomic mass is 9.55. The number of carbonyl (C=O) groups is 5. The summed E-state index contributed by atoms with van der Waals surface area (Å²) >= 11 is 0. The van der Waals surface area contributed by atoms with Gasteiger partial charge in [-0.3, -0.25) is 19.2 Å². The number of fused-ring (bicyclic) bond motifs is 1. The first-order chi connectivity index (χ1) is 18.8. The molecule has 1 spiro atoms. The number of ether oxygens (including phenoxy) is 6.